The molecule has 0 aliphatic heterocycles. The quantitative estimate of drug-likeness (QED) is 0.583. The molecule has 0 radical (unpaired) electrons. The number of aryl methyl sites for hydroxylation is 1. The molecule has 0 N–H and O–H groups in total. The molecular weight excluding hydrogens is 383 g/mol. The predicted octanol–water partition coefficient (Wildman–Crippen LogP) is 3.02. The summed E-state index contributed by atoms with van der Waals surface area (Å²) in [5, 5.41) is 0. The molecular formula is C11H8BrIN2O. The van der Waals surface area contributed by atoms with E-state index in [-0.39, 0.29) is 5.78 Å². The summed E-state index contributed by atoms with van der Waals surface area (Å²) in [4.78, 5) is 16.2. The summed E-state index contributed by atoms with van der Waals surface area (Å²) >= 11 is 5.56. The minimum absolute atomic E-state index is 0.0714. The number of hydrogen-bond donors (Lipinski definition) is 0. The second-order valence-electron chi connectivity index (χ2n) is 3.32. The first kappa shape index (κ1) is 11.8. The fraction of sp³-hybridized carbons (Fsp3) is 0.0909. The average Bonchev–Trinajstić information content (AvgIpc) is 2.67. The smallest absolute Gasteiger partial charge is 0.229 e. The third kappa shape index (κ3) is 2.20. The van der Waals surface area contributed by atoms with Crippen molar-refractivity contribution >= 4 is 44.3 Å². The van der Waals surface area contributed by atoms with Crippen LogP contribution < -0.4 is 0 Å². The third-order valence-electron chi connectivity index (χ3n) is 2.20. The highest BCUT2D eigenvalue weighted by Gasteiger charge is 2.16. The van der Waals surface area contributed by atoms with Gasteiger partial charge in [0, 0.05) is 33.0 Å². The van der Waals surface area contributed by atoms with E-state index in [0.29, 0.717) is 11.4 Å². The van der Waals surface area contributed by atoms with Crippen molar-refractivity contribution < 1.29 is 4.79 Å². The number of aromatic nitrogens is 2. The molecule has 0 fully saturated rings. The van der Waals surface area contributed by atoms with Crippen LogP contribution in [0.5, 0.6) is 0 Å². The molecule has 0 atom stereocenters. The van der Waals surface area contributed by atoms with E-state index in [1.165, 1.54) is 0 Å². The van der Waals surface area contributed by atoms with Gasteiger partial charge in [0.05, 0.1) is 0 Å². The van der Waals surface area contributed by atoms with E-state index in [4.69, 9.17) is 0 Å². The van der Waals surface area contributed by atoms with Crippen molar-refractivity contribution in [2.45, 2.75) is 0 Å². The number of halogens is 2. The van der Waals surface area contributed by atoms with Gasteiger partial charge in [0.2, 0.25) is 5.78 Å². The molecule has 2 aromatic rings. The van der Waals surface area contributed by atoms with Gasteiger partial charge in [-0.3, -0.25) is 4.79 Å². The molecule has 1 heterocycles. The maximum absolute atomic E-state index is 12.2. The van der Waals surface area contributed by atoms with Gasteiger partial charge in [-0.25, -0.2) is 4.98 Å². The Morgan fingerprint density at radius 3 is 2.88 bits per heavy atom. The number of rotatable bonds is 2. The summed E-state index contributed by atoms with van der Waals surface area (Å²) in [5.74, 6) is 0.376. The van der Waals surface area contributed by atoms with Crippen molar-refractivity contribution in [3.63, 3.8) is 0 Å². The normalized spacial score (nSPS) is 10.4. The van der Waals surface area contributed by atoms with Gasteiger partial charge in [-0.2, -0.15) is 0 Å². The van der Waals surface area contributed by atoms with Crippen molar-refractivity contribution in [1.82, 2.24) is 9.55 Å². The highest BCUT2D eigenvalue weighted by Crippen LogP contribution is 2.21. The number of benzene rings is 1. The Morgan fingerprint density at radius 1 is 1.50 bits per heavy atom. The molecule has 5 heteroatoms. The Kier molecular flexibility index (Phi) is 3.44. The maximum atomic E-state index is 12.2. The molecule has 1 aromatic carbocycles. The van der Waals surface area contributed by atoms with Gasteiger partial charge in [-0.1, -0.05) is 15.9 Å². The number of carbonyl (C=O) groups is 1. The molecule has 0 aliphatic rings. The van der Waals surface area contributed by atoms with Crippen LogP contribution in [-0.4, -0.2) is 15.3 Å². The molecule has 3 nitrogen and oxygen atoms in total. The largest absolute Gasteiger partial charge is 0.331 e. The van der Waals surface area contributed by atoms with Crippen molar-refractivity contribution in [2.24, 2.45) is 7.05 Å². The van der Waals surface area contributed by atoms with Gasteiger partial charge in [0.25, 0.3) is 0 Å². The van der Waals surface area contributed by atoms with Gasteiger partial charge in [-0.05, 0) is 40.8 Å². The molecule has 0 saturated heterocycles. The van der Waals surface area contributed by atoms with E-state index in [0.717, 1.165) is 8.04 Å². The average molecular weight is 391 g/mol. The van der Waals surface area contributed by atoms with Crippen molar-refractivity contribution in [2.75, 3.05) is 0 Å². The van der Waals surface area contributed by atoms with Crippen LogP contribution in [0.3, 0.4) is 0 Å². The van der Waals surface area contributed by atoms with Crippen molar-refractivity contribution in [1.29, 1.82) is 0 Å². The minimum atomic E-state index is -0.0714. The maximum Gasteiger partial charge on any atom is 0.229 e. The molecule has 1 aromatic heterocycles. The van der Waals surface area contributed by atoms with Crippen molar-refractivity contribution in [3.05, 3.63) is 50.0 Å². The zero-order valence-corrected chi connectivity index (χ0v) is 12.2. The Labute approximate surface area is 115 Å². The predicted molar refractivity (Wildman–Crippen MR) is 73.5 cm³/mol. The SMILES string of the molecule is Cn1ccnc1C(=O)c1cc(I)ccc1Br. The van der Waals surface area contributed by atoms with E-state index in [2.05, 4.69) is 43.5 Å². The molecule has 0 bridgehead atoms. The van der Waals surface area contributed by atoms with Gasteiger partial charge in [-0.15, -0.1) is 0 Å². The highest BCUT2D eigenvalue weighted by atomic mass is 127. The Bertz CT molecular complexity index is 551. The molecule has 0 aliphatic carbocycles. The van der Waals surface area contributed by atoms with Crippen LogP contribution >= 0.6 is 38.5 Å². The number of hydrogen-bond acceptors (Lipinski definition) is 2. The molecule has 16 heavy (non-hydrogen) atoms. The topological polar surface area (TPSA) is 34.9 Å². The van der Waals surface area contributed by atoms with Crippen molar-refractivity contribution in [3.8, 4) is 0 Å². The molecule has 0 spiro atoms. The zero-order valence-electron chi connectivity index (χ0n) is 8.45. The zero-order chi connectivity index (χ0) is 11.7. The van der Waals surface area contributed by atoms with Crippen LogP contribution in [0.25, 0.3) is 0 Å². The first-order valence-electron chi connectivity index (χ1n) is 4.56. The monoisotopic (exact) mass is 390 g/mol. The fourth-order valence-electron chi connectivity index (χ4n) is 1.38. The van der Waals surface area contributed by atoms with Gasteiger partial charge < -0.3 is 4.57 Å². The number of carbonyl (C=O) groups excluding carboxylic acids is 1. The van der Waals surface area contributed by atoms with E-state index in [1.54, 1.807) is 17.0 Å². The lowest BCUT2D eigenvalue weighted by molar-refractivity contribution is 0.102. The van der Waals surface area contributed by atoms with Crippen LogP contribution in [0.4, 0.5) is 0 Å². The van der Waals surface area contributed by atoms with Crippen LogP contribution in [-0.2, 0) is 7.05 Å². The summed E-state index contributed by atoms with van der Waals surface area (Å²) in [6.07, 6.45) is 3.38. The van der Waals surface area contributed by atoms with Crippen LogP contribution in [0.15, 0.2) is 35.1 Å². The number of ketones is 1. The van der Waals surface area contributed by atoms with Gasteiger partial charge in [0.1, 0.15) is 0 Å². The summed E-state index contributed by atoms with van der Waals surface area (Å²) in [5.41, 5.74) is 0.640. The third-order valence-corrected chi connectivity index (χ3v) is 3.56. The molecule has 0 saturated carbocycles. The first-order chi connectivity index (χ1) is 7.59. The lowest BCUT2D eigenvalue weighted by atomic mass is 10.1. The Balaban J connectivity index is 2.49. The Hall–Kier alpha value is -0.690. The summed E-state index contributed by atoms with van der Waals surface area (Å²) in [7, 11) is 1.81. The number of imidazole rings is 1. The first-order valence-corrected chi connectivity index (χ1v) is 6.44. The molecule has 0 amide bonds. The second-order valence-corrected chi connectivity index (χ2v) is 5.42. The van der Waals surface area contributed by atoms with E-state index in [1.807, 2.05) is 25.2 Å². The van der Waals surface area contributed by atoms with Crippen LogP contribution in [0.1, 0.15) is 16.2 Å². The van der Waals surface area contributed by atoms with Gasteiger partial charge >= 0.3 is 0 Å². The summed E-state index contributed by atoms with van der Waals surface area (Å²) in [6.45, 7) is 0. The van der Waals surface area contributed by atoms with Crippen LogP contribution in [0, 0.1) is 3.57 Å². The summed E-state index contributed by atoms with van der Waals surface area (Å²) < 4.78 is 3.54. The van der Waals surface area contributed by atoms with E-state index >= 15 is 0 Å². The fourth-order valence-corrected chi connectivity index (χ4v) is 2.29. The molecule has 82 valence electrons. The van der Waals surface area contributed by atoms with E-state index < -0.39 is 0 Å². The van der Waals surface area contributed by atoms with Crippen LogP contribution in [0.2, 0.25) is 0 Å². The standard InChI is InChI=1S/C11H8BrIN2O/c1-15-5-4-14-11(15)10(16)8-6-7(13)2-3-9(8)12/h2-6H,1H3. The molecule has 2 rings (SSSR count). The van der Waals surface area contributed by atoms with Gasteiger partial charge in [0.15, 0.2) is 5.82 Å². The lowest BCUT2D eigenvalue weighted by Crippen LogP contribution is -2.09. The Morgan fingerprint density at radius 2 is 2.25 bits per heavy atom. The minimum Gasteiger partial charge on any atom is -0.331 e. The highest BCUT2D eigenvalue weighted by molar-refractivity contribution is 14.1. The summed E-state index contributed by atoms with van der Waals surface area (Å²) in [6, 6.07) is 5.67. The second kappa shape index (κ2) is 4.67. The van der Waals surface area contributed by atoms with E-state index in [9.17, 15) is 4.79 Å². The molecule has 0 unspecified atom stereocenters. The lowest BCUT2D eigenvalue weighted by Gasteiger charge is -2.04. The number of nitrogens with zero attached hydrogens (tertiary/aromatic N) is 2.